The molecule has 0 amide bonds. The van der Waals surface area contributed by atoms with E-state index in [0.29, 0.717) is 23.2 Å². The molecule has 3 fully saturated rings. The van der Waals surface area contributed by atoms with E-state index in [1.807, 2.05) is 0 Å². The van der Waals surface area contributed by atoms with Crippen LogP contribution in [0.15, 0.2) is 0 Å². The van der Waals surface area contributed by atoms with E-state index in [2.05, 4.69) is 75.0 Å². The number of hydrogen-bond acceptors (Lipinski definition) is 4. The summed E-state index contributed by atoms with van der Waals surface area (Å²) in [6, 6.07) is 2.19. The molecule has 2 unspecified atom stereocenters. The monoisotopic (exact) mass is 406 g/mol. The maximum absolute atomic E-state index is 2.83. The first-order valence-corrected chi connectivity index (χ1v) is 12.4. The van der Waals surface area contributed by atoms with Gasteiger partial charge < -0.3 is 4.90 Å². The van der Waals surface area contributed by atoms with Crippen LogP contribution >= 0.6 is 0 Å². The highest BCUT2D eigenvalue weighted by Gasteiger charge is 2.36. The molecule has 0 aromatic rings. The molecule has 0 radical (unpaired) electrons. The van der Waals surface area contributed by atoms with Crippen molar-refractivity contribution in [1.29, 1.82) is 0 Å². The third kappa shape index (κ3) is 5.96. The van der Waals surface area contributed by atoms with Crippen molar-refractivity contribution < 1.29 is 0 Å². The topological polar surface area (TPSA) is 13.0 Å². The van der Waals surface area contributed by atoms with Gasteiger partial charge in [-0.1, -0.05) is 0 Å². The Kier molecular flexibility index (Phi) is 7.41. The lowest BCUT2D eigenvalue weighted by Crippen LogP contribution is -2.62. The largest absolute Gasteiger partial charge is 0.300 e. The number of piperazine rings is 1. The Morgan fingerprint density at radius 1 is 0.655 bits per heavy atom. The van der Waals surface area contributed by atoms with Crippen LogP contribution in [-0.4, -0.2) is 94.6 Å². The molecule has 0 aromatic carbocycles. The summed E-state index contributed by atoms with van der Waals surface area (Å²) in [5.41, 5.74) is 0.630. The van der Waals surface area contributed by atoms with Crippen LogP contribution in [0.25, 0.3) is 0 Å². The Bertz CT molecular complexity index is 492. The summed E-state index contributed by atoms with van der Waals surface area (Å²) in [5.74, 6) is 0.895. The molecular formula is C25H50N4. The second-order valence-corrected chi connectivity index (χ2v) is 12.3. The van der Waals surface area contributed by atoms with Crippen molar-refractivity contribution in [3.63, 3.8) is 0 Å². The van der Waals surface area contributed by atoms with Gasteiger partial charge in [0.15, 0.2) is 0 Å². The van der Waals surface area contributed by atoms with Gasteiger partial charge in [-0.05, 0) is 100 Å². The molecule has 3 rings (SSSR count). The summed E-state index contributed by atoms with van der Waals surface area (Å²) < 4.78 is 0. The SMILES string of the molecule is CC1CN(C(C)(C)C)CC(C)N1CC1CCN(C2CCN(C(C)(C)C)CC2)CC1. The Hall–Kier alpha value is -0.160. The summed E-state index contributed by atoms with van der Waals surface area (Å²) >= 11 is 0. The number of piperidine rings is 2. The van der Waals surface area contributed by atoms with Gasteiger partial charge in [0.1, 0.15) is 0 Å². The minimum atomic E-state index is 0.294. The maximum atomic E-state index is 2.83. The Labute approximate surface area is 182 Å². The lowest BCUT2D eigenvalue weighted by molar-refractivity contribution is -0.0208. The zero-order valence-corrected chi connectivity index (χ0v) is 20.9. The number of hydrogen-bond donors (Lipinski definition) is 0. The molecule has 0 saturated carbocycles. The van der Waals surface area contributed by atoms with Gasteiger partial charge in [-0.3, -0.25) is 14.7 Å². The first-order chi connectivity index (χ1) is 13.4. The minimum Gasteiger partial charge on any atom is -0.300 e. The number of nitrogens with zero attached hydrogens (tertiary/aromatic N) is 4. The van der Waals surface area contributed by atoms with E-state index in [1.54, 1.807) is 0 Å². The molecule has 3 aliphatic rings. The van der Waals surface area contributed by atoms with E-state index in [4.69, 9.17) is 0 Å². The zero-order valence-electron chi connectivity index (χ0n) is 20.9. The molecule has 4 nitrogen and oxygen atoms in total. The first-order valence-electron chi connectivity index (χ1n) is 12.4. The Morgan fingerprint density at radius 3 is 1.59 bits per heavy atom. The molecule has 0 N–H and O–H groups in total. The highest BCUT2D eigenvalue weighted by atomic mass is 15.3. The molecular weight excluding hydrogens is 356 g/mol. The quantitative estimate of drug-likeness (QED) is 0.698. The fourth-order valence-corrected chi connectivity index (χ4v) is 5.96. The van der Waals surface area contributed by atoms with Crippen LogP contribution < -0.4 is 0 Å². The summed E-state index contributed by atoms with van der Waals surface area (Å²) in [4.78, 5) is 11.0. The zero-order chi connectivity index (χ0) is 21.4. The summed E-state index contributed by atoms with van der Waals surface area (Å²) in [6.45, 7) is 28.1. The molecule has 0 bridgehead atoms. The third-order valence-electron chi connectivity index (χ3n) is 8.10. The van der Waals surface area contributed by atoms with Gasteiger partial charge in [-0.15, -0.1) is 0 Å². The smallest absolute Gasteiger partial charge is 0.0198 e. The first kappa shape index (κ1) is 23.5. The van der Waals surface area contributed by atoms with E-state index in [0.717, 1.165) is 12.0 Å². The summed E-state index contributed by atoms with van der Waals surface area (Å²) in [5, 5.41) is 0. The fraction of sp³-hybridized carbons (Fsp3) is 1.00. The Morgan fingerprint density at radius 2 is 1.14 bits per heavy atom. The van der Waals surface area contributed by atoms with Crippen molar-refractivity contribution in [2.75, 3.05) is 45.8 Å². The highest BCUT2D eigenvalue weighted by molar-refractivity contribution is 4.92. The van der Waals surface area contributed by atoms with Gasteiger partial charge in [0.2, 0.25) is 0 Å². The second-order valence-electron chi connectivity index (χ2n) is 12.3. The molecule has 29 heavy (non-hydrogen) atoms. The second kappa shape index (κ2) is 9.14. The van der Waals surface area contributed by atoms with Gasteiger partial charge in [-0.2, -0.15) is 0 Å². The van der Waals surface area contributed by atoms with Crippen molar-refractivity contribution in [2.45, 2.75) is 110 Å². The van der Waals surface area contributed by atoms with Gasteiger partial charge in [0, 0.05) is 61.9 Å². The highest BCUT2D eigenvalue weighted by Crippen LogP contribution is 2.29. The van der Waals surface area contributed by atoms with E-state index < -0.39 is 0 Å². The van der Waals surface area contributed by atoms with Crippen molar-refractivity contribution in [1.82, 2.24) is 19.6 Å². The van der Waals surface area contributed by atoms with Crippen LogP contribution in [0.2, 0.25) is 0 Å². The molecule has 3 saturated heterocycles. The van der Waals surface area contributed by atoms with Crippen LogP contribution in [0.4, 0.5) is 0 Å². The molecule has 3 heterocycles. The average molecular weight is 407 g/mol. The van der Waals surface area contributed by atoms with Crippen molar-refractivity contribution in [3.05, 3.63) is 0 Å². The van der Waals surface area contributed by atoms with Gasteiger partial charge in [0.25, 0.3) is 0 Å². The number of likely N-dealkylation sites (tertiary alicyclic amines) is 2. The van der Waals surface area contributed by atoms with Gasteiger partial charge in [-0.25, -0.2) is 0 Å². The van der Waals surface area contributed by atoms with Crippen molar-refractivity contribution in [3.8, 4) is 0 Å². The lowest BCUT2D eigenvalue weighted by Gasteiger charge is -2.51. The molecule has 0 spiro atoms. The van der Waals surface area contributed by atoms with Gasteiger partial charge >= 0.3 is 0 Å². The molecule has 4 heteroatoms. The normalized spacial score (nSPS) is 31.4. The summed E-state index contributed by atoms with van der Waals surface area (Å²) in [7, 11) is 0. The van der Waals surface area contributed by atoms with E-state index in [1.165, 1.54) is 71.5 Å². The van der Waals surface area contributed by atoms with Gasteiger partial charge in [0.05, 0.1) is 0 Å². The molecule has 3 aliphatic heterocycles. The third-order valence-corrected chi connectivity index (χ3v) is 8.10. The van der Waals surface area contributed by atoms with Crippen LogP contribution in [0.1, 0.15) is 81.1 Å². The molecule has 2 atom stereocenters. The van der Waals surface area contributed by atoms with Crippen molar-refractivity contribution in [2.24, 2.45) is 5.92 Å². The number of rotatable bonds is 3. The van der Waals surface area contributed by atoms with Crippen LogP contribution in [0.3, 0.4) is 0 Å². The average Bonchev–Trinajstić information content (AvgIpc) is 2.64. The van der Waals surface area contributed by atoms with Crippen LogP contribution in [0, 0.1) is 5.92 Å². The van der Waals surface area contributed by atoms with Crippen LogP contribution in [0.5, 0.6) is 0 Å². The molecule has 170 valence electrons. The minimum absolute atomic E-state index is 0.294. The summed E-state index contributed by atoms with van der Waals surface area (Å²) in [6.07, 6.45) is 5.53. The molecule has 0 aromatic heterocycles. The predicted octanol–water partition coefficient (Wildman–Crippen LogP) is 4.15. The Balaban J connectivity index is 1.43. The van der Waals surface area contributed by atoms with E-state index in [9.17, 15) is 0 Å². The predicted molar refractivity (Wildman–Crippen MR) is 126 cm³/mol. The van der Waals surface area contributed by atoms with Crippen molar-refractivity contribution >= 4 is 0 Å². The molecule has 0 aliphatic carbocycles. The standard InChI is InChI=1S/C25H50N4/c1-20-17-28(25(6,7)8)18-21(2)29(20)19-22-9-13-26(14-10-22)23-11-15-27(16-12-23)24(3,4)5/h20-23H,9-19H2,1-8H3. The van der Waals surface area contributed by atoms with E-state index >= 15 is 0 Å². The lowest BCUT2D eigenvalue weighted by atomic mass is 9.90. The van der Waals surface area contributed by atoms with Crippen LogP contribution in [-0.2, 0) is 0 Å². The fourth-order valence-electron chi connectivity index (χ4n) is 5.96. The van der Waals surface area contributed by atoms with E-state index in [-0.39, 0.29) is 0 Å². The maximum Gasteiger partial charge on any atom is 0.0198 e.